The topological polar surface area (TPSA) is 95.3 Å². The van der Waals surface area contributed by atoms with E-state index in [0.717, 1.165) is 11.1 Å². The van der Waals surface area contributed by atoms with Gasteiger partial charge in [0.15, 0.2) is 0 Å². The predicted molar refractivity (Wildman–Crippen MR) is 86.2 cm³/mol. The predicted octanol–water partition coefficient (Wildman–Crippen LogP) is 0.492. The summed E-state index contributed by atoms with van der Waals surface area (Å²) in [6.07, 6.45) is 2.16. The molecule has 1 aromatic heterocycles. The Bertz CT molecular complexity index is 757. The van der Waals surface area contributed by atoms with E-state index in [1.54, 1.807) is 13.1 Å². The summed E-state index contributed by atoms with van der Waals surface area (Å²) in [7, 11) is -3.01. The molecule has 0 bridgehead atoms. The van der Waals surface area contributed by atoms with Crippen LogP contribution < -0.4 is 11.2 Å². The molecule has 6 nitrogen and oxygen atoms in total. The molecule has 0 unspecified atom stereocenters. The largest absolute Gasteiger partial charge is 0.411 e. The second kappa shape index (κ2) is 6.43. The van der Waals surface area contributed by atoms with Crippen LogP contribution in [-0.2, 0) is 13.0 Å². The van der Waals surface area contributed by atoms with Crippen molar-refractivity contribution < 1.29 is 9.59 Å². The van der Waals surface area contributed by atoms with Crippen molar-refractivity contribution in [3.05, 3.63) is 68.0 Å². The third-order valence-corrected chi connectivity index (χ3v) is 4.65. The third-order valence-electron chi connectivity index (χ3n) is 3.45. The molecule has 0 saturated heterocycles. The Labute approximate surface area is 129 Å². The van der Waals surface area contributed by atoms with Gasteiger partial charge in [0.2, 0.25) is 0 Å². The SMILES string of the molecule is Cc1cn(Cc2ccc(CC[Si](C)(O)O)cc2)c(=O)[nH]c1=O. The maximum absolute atomic E-state index is 11.7. The van der Waals surface area contributed by atoms with Crippen LogP contribution in [-0.4, -0.2) is 27.7 Å². The molecular formula is C15H20N2O4Si. The fourth-order valence-corrected chi connectivity index (χ4v) is 2.89. The van der Waals surface area contributed by atoms with Crippen LogP contribution in [0.1, 0.15) is 16.7 Å². The molecule has 7 heteroatoms. The summed E-state index contributed by atoms with van der Waals surface area (Å²) in [5.41, 5.74) is 1.66. The monoisotopic (exact) mass is 320 g/mol. The van der Waals surface area contributed by atoms with Gasteiger partial charge in [-0.15, -0.1) is 0 Å². The average Bonchev–Trinajstić information content (AvgIpc) is 2.43. The van der Waals surface area contributed by atoms with Crippen LogP contribution >= 0.6 is 0 Å². The molecule has 2 rings (SSSR count). The van der Waals surface area contributed by atoms with Crippen molar-refractivity contribution in [2.24, 2.45) is 0 Å². The maximum Gasteiger partial charge on any atom is 0.329 e. The van der Waals surface area contributed by atoms with Gasteiger partial charge in [-0.2, -0.15) is 0 Å². The summed E-state index contributed by atoms with van der Waals surface area (Å²) in [5, 5.41) is 0. The van der Waals surface area contributed by atoms with Crippen molar-refractivity contribution >= 4 is 8.56 Å². The van der Waals surface area contributed by atoms with Crippen LogP contribution in [0.3, 0.4) is 0 Å². The summed E-state index contributed by atoms with van der Waals surface area (Å²) >= 11 is 0. The van der Waals surface area contributed by atoms with Crippen LogP contribution in [0.25, 0.3) is 0 Å². The van der Waals surface area contributed by atoms with Crippen molar-refractivity contribution in [3.63, 3.8) is 0 Å². The number of aryl methyl sites for hydroxylation is 2. The Hall–Kier alpha value is -1.96. The fraction of sp³-hybridized carbons (Fsp3) is 0.333. The summed E-state index contributed by atoms with van der Waals surface area (Å²) < 4.78 is 1.46. The highest BCUT2D eigenvalue weighted by Crippen LogP contribution is 2.11. The smallest absolute Gasteiger partial charge is 0.329 e. The summed E-state index contributed by atoms with van der Waals surface area (Å²) in [6, 6.07) is 8.02. The number of hydrogen-bond donors (Lipinski definition) is 3. The van der Waals surface area contributed by atoms with E-state index in [-0.39, 0.29) is 5.56 Å². The van der Waals surface area contributed by atoms with Gasteiger partial charge in [-0.05, 0) is 37.1 Å². The van der Waals surface area contributed by atoms with Gasteiger partial charge < -0.3 is 9.59 Å². The van der Waals surface area contributed by atoms with Gasteiger partial charge >= 0.3 is 14.3 Å². The first-order chi connectivity index (χ1) is 10.2. The zero-order valence-corrected chi connectivity index (χ0v) is 13.7. The highest BCUT2D eigenvalue weighted by atomic mass is 28.4. The summed E-state index contributed by atoms with van der Waals surface area (Å²) in [6.45, 7) is 3.53. The minimum absolute atomic E-state index is 0.364. The third kappa shape index (κ3) is 4.52. The molecular weight excluding hydrogens is 300 g/mol. The van der Waals surface area contributed by atoms with E-state index in [2.05, 4.69) is 4.98 Å². The lowest BCUT2D eigenvalue weighted by Crippen LogP contribution is -2.31. The summed E-state index contributed by atoms with van der Waals surface area (Å²) in [5.74, 6) is 0. The minimum atomic E-state index is -3.01. The second-order valence-corrected chi connectivity index (χ2v) is 8.67. The quantitative estimate of drug-likeness (QED) is 0.699. The normalized spacial score (nSPS) is 11.6. The van der Waals surface area contributed by atoms with E-state index in [1.807, 2.05) is 24.3 Å². The highest BCUT2D eigenvalue weighted by molar-refractivity contribution is 6.63. The Morgan fingerprint density at radius 2 is 1.73 bits per heavy atom. The molecule has 0 aliphatic rings. The van der Waals surface area contributed by atoms with Crippen LogP contribution in [0.5, 0.6) is 0 Å². The van der Waals surface area contributed by atoms with Crippen LogP contribution in [0.4, 0.5) is 0 Å². The molecule has 0 fully saturated rings. The Morgan fingerprint density at radius 3 is 2.32 bits per heavy atom. The van der Waals surface area contributed by atoms with Crippen molar-refractivity contribution in [3.8, 4) is 0 Å². The molecule has 0 spiro atoms. The first-order valence-corrected chi connectivity index (χ1v) is 9.68. The highest BCUT2D eigenvalue weighted by Gasteiger charge is 2.20. The minimum Gasteiger partial charge on any atom is -0.411 e. The van der Waals surface area contributed by atoms with Gasteiger partial charge in [0.05, 0.1) is 6.54 Å². The number of hydrogen-bond acceptors (Lipinski definition) is 4. The molecule has 118 valence electrons. The van der Waals surface area contributed by atoms with E-state index >= 15 is 0 Å². The average molecular weight is 320 g/mol. The maximum atomic E-state index is 11.7. The number of nitrogens with one attached hydrogen (secondary N) is 1. The summed E-state index contributed by atoms with van der Waals surface area (Å²) in [4.78, 5) is 44.2. The van der Waals surface area contributed by atoms with Gasteiger partial charge in [0.1, 0.15) is 0 Å². The van der Waals surface area contributed by atoms with E-state index in [4.69, 9.17) is 0 Å². The van der Waals surface area contributed by atoms with E-state index in [0.29, 0.717) is 24.6 Å². The standard InChI is InChI=1S/C15H20N2O4Si/c1-11-9-17(15(19)16-14(11)18)10-13-5-3-12(4-6-13)7-8-22(2,20)21/h3-6,9,20-21H,7-8,10H2,1-2H3,(H,16,18,19). The molecule has 22 heavy (non-hydrogen) atoms. The Balaban J connectivity index is 2.10. The molecule has 0 aliphatic heterocycles. The number of H-pyrrole nitrogens is 1. The van der Waals surface area contributed by atoms with Gasteiger partial charge in [-0.1, -0.05) is 24.3 Å². The van der Waals surface area contributed by atoms with Crippen molar-refractivity contribution in [1.29, 1.82) is 0 Å². The van der Waals surface area contributed by atoms with Gasteiger partial charge in [-0.3, -0.25) is 14.3 Å². The van der Waals surface area contributed by atoms with Crippen LogP contribution in [0.2, 0.25) is 12.6 Å². The van der Waals surface area contributed by atoms with Gasteiger partial charge in [0, 0.05) is 11.8 Å². The van der Waals surface area contributed by atoms with Crippen molar-refractivity contribution in [2.45, 2.75) is 32.5 Å². The van der Waals surface area contributed by atoms with Crippen LogP contribution in [0, 0.1) is 6.92 Å². The Morgan fingerprint density at radius 1 is 1.14 bits per heavy atom. The van der Waals surface area contributed by atoms with E-state index < -0.39 is 14.3 Å². The fourth-order valence-electron chi connectivity index (χ4n) is 2.13. The number of benzene rings is 1. The molecule has 0 radical (unpaired) electrons. The molecule has 0 amide bonds. The molecule has 3 N–H and O–H groups in total. The lowest BCUT2D eigenvalue weighted by molar-refractivity contribution is 0.369. The number of aromatic nitrogens is 2. The van der Waals surface area contributed by atoms with Gasteiger partial charge in [-0.25, -0.2) is 4.79 Å². The van der Waals surface area contributed by atoms with Gasteiger partial charge in [0.25, 0.3) is 5.56 Å². The molecule has 0 saturated carbocycles. The molecule has 1 heterocycles. The Kier molecular flexibility index (Phi) is 4.80. The molecule has 1 aromatic carbocycles. The van der Waals surface area contributed by atoms with E-state index in [9.17, 15) is 19.2 Å². The first kappa shape index (κ1) is 16.4. The van der Waals surface area contributed by atoms with Crippen molar-refractivity contribution in [1.82, 2.24) is 9.55 Å². The lowest BCUT2D eigenvalue weighted by atomic mass is 10.1. The van der Waals surface area contributed by atoms with Crippen LogP contribution in [0.15, 0.2) is 40.1 Å². The molecule has 0 atom stereocenters. The zero-order chi connectivity index (χ0) is 16.3. The molecule has 2 aromatic rings. The molecule has 0 aliphatic carbocycles. The number of nitrogens with zero attached hydrogens (tertiary/aromatic N) is 1. The second-order valence-electron chi connectivity index (χ2n) is 5.73. The number of rotatable bonds is 5. The number of aromatic amines is 1. The zero-order valence-electron chi connectivity index (χ0n) is 12.7. The first-order valence-electron chi connectivity index (χ1n) is 7.07. The lowest BCUT2D eigenvalue weighted by Gasteiger charge is -2.12. The van der Waals surface area contributed by atoms with E-state index in [1.165, 1.54) is 11.1 Å². The van der Waals surface area contributed by atoms with Crippen molar-refractivity contribution in [2.75, 3.05) is 0 Å².